The molecule has 0 saturated carbocycles. The number of anilines is 2. The van der Waals surface area contributed by atoms with Crippen LogP contribution in [0.1, 0.15) is 35.5 Å². The average Bonchev–Trinajstić information content (AvgIpc) is 3.44. The number of aromatic amines is 1. The highest BCUT2D eigenvalue weighted by molar-refractivity contribution is 6.12. The van der Waals surface area contributed by atoms with Crippen LogP contribution in [0.2, 0.25) is 0 Å². The van der Waals surface area contributed by atoms with Crippen molar-refractivity contribution in [1.29, 1.82) is 0 Å². The zero-order valence-corrected chi connectivity index (χ0v) is 16.7. The van der Waals surface area contributed by atoms with E-state index in [-0.39, 0.29) is 11.8 Å². The van der Waals surface area contributed by atoms with E-state index in [2.05, 4.69) is 10.3 Å². The second-order valence-corrected chi connectivity index (χ2v) is 8.03. The Labute approximate surface area is 173 Å². The molecule has 0 atom stereocenters. The lowest BCUT2D eigenvalue weighted by Crippen LogP contribution is -2.35. The molecule has 1 aliphatic heterocycles. The molecule has 2 aromatic heterocycles. The second-order valence-electron chi connectivity index (χ2n) is 8.03. The van der Waals surface area contributed by atoms with Crippen molar-refractivity contribution >= 4 is 34.1 Å². The largest absolute Gasteiger partial charge is 0.467 e. The van der Waals surface area contributed by atoms with Gasteiger partial charge in [0, 0.05) is 28.4 Å². The number of fused-ring (bicyclic) bond motifs is 2. The van der Waals surface area contributed by atoms with Gasteiger partial charge in [-0.15, -0.1) is 0 Å². The molecule has 5 rings (SSSR count). The fourth-order valence-electron chi connectivity index (χ4n) is 4.07. The third kappa shape index (κ3) is 2.80. The highest BCUT2D eigenvalue weighted by Crippen LogP contribution is 2.42. The normalized spacial score (nSPS) is 14.9. The Kier molecular flexibility index (Phi) is 4.03. The number of aromatic nitrogens is 1. The number of hydrogen-bond acceptors (Lipinski definition) is 3. The van der Waals surface area contributed by atoms with E-state index in [0.29, 0.717) is 17.9 Å². The minimum atomic E-state index is -0.659. The number of para-hydroxylation sites is 1. The van der Waals surface area contributed by atoms with E-state index in [0.717, 1.165) is 27.8 Å². The zero-order valence-electron chi connectivity index (χ0n) is 16.7. The minimum Gasteiger partial charge on any atom is -0.467 e. The number of nitrogens with one attached hydrogen (secondary N) is 2. The van der Waals surface area contributed by atoms with Gasteiger partial charge in [-0.25, -0.2) is 0 Å². The fraction of sp³-hybridized carbons (Fsp3) is 0.167. The lowest BCUT2D eigenvalue weighted by molar-refractivity contribution is -0.122. The number of H-pyrrole nitrogens is 1. The Bertz CT molecular complexity index is 1270. The maximum absolute atomic E-state index is 13.1. The van der Waals surface area contributed by atoms with Crippen molar-refractivity contribution in [2.75, 3.05) is 10.2 Å². The van der Waals surface area contributed by atoms with Crippen molar-refractivity contribution in [2.24, 2.45) is 0 Å². The maximum Gasteiger partial charge on any atom is 0.255 e. The summed E-state index contributed by atoms with van der Waals surface area (Å²) in [5.41, 5.74) is 3.16. The van der Waals surface area contributed by atoms with E-state index in [9.17, 15) is 9.59 Å². The summed E-state index contributed by atoms with van der Waals surface area (Å²) in [6.07, 6.45) is 3.37. The van der Waals surface area contributed by atoms with Gasteiger partial charge in [0.15, 0.2) is 0 Å². The molecule has 1 aliphatic rings. The Morgan fingerprint density at radius 3 is 2.77 bits per heavy atom. The van der Waals surface area contributed by atoms with Crippen LogP contribution in [0.15, 0.2) is 71.5 Å². The summed E-state index contributed by atoms with van der Waals surface area (Å²) >= 11 is 0. The molecule has 0 fully saturated rings. The molecular weight excluding hydrogens is 378 g/mol. The standard InChI is InChI=1S/C24H21N3O3/c1-24(2)18-10-9-15(12-21(18)27(23(24)29)14-16-6-5-11-30-16)22(28)26-20-13-25-19-8-4-3-7-17(19)20/h3-13,25H,14H2,1-2H3,(H,26,28). The number of benzene rings is 2. The van der Waals surface area contributed by atoms with Crippen LogP contribution in [0.5, 0.6) is 0 Å². The van der Waals surface area contributed by atoms with Crippen molar-refractivity contribution in [2.45, 2.75) is 25.8 Å². The third-order valence-electron chi connectivity index (χ3n) is 5.74. The molecule has 2 aromatic carbocycles. The number of furan rings is 1. The van der Waals surface area contributed by atoms with Gasteiger partial charge in [-0.1, -0.05) is 24.3 Å². The number of carbonyl (C=O) groups is 2. The molecule has 6 nitrogen and oxygen atoms in total. The quantitative estimate of drug-likeness (QED) is 0.516. The van der Waals surface area contributed by atoms with Crippen LogP contribution < -0.4 is 10.2 Å². The molecule has 4 aromatic rings. The van der Waals surface area contributed by atoms with E-state index >= 15 is 0 Å². The van der Waals surface area contributed by atoms with E-state index in [1.165, 1.54) is 0 Å². The third-order valence-corrected chi connectivity index (χ3v) is 5.74. The number of hydrogen-bond donors (Lipinski definition) is 2. The SMILES string of the molecule is CC1(C)C(=O)N(Cc2ccco2)c2cc(C(=O)Nc3c[nH]c4ccccc34)ccc21. The van der Waals surface area contributed by atoms with Gasteiger partial charge >= 0.3 is 0 Å². The first-order chi connectivity index (χ1) is 14.4. The second kappa shape index (κ2) is 6.62. The van der Waals surface area contributed by atoms with Crippen LogP contribution in [0, 0.1) is 0 Å². The smallest absolute Gasteiger partial charge is 0.255 e. The summed E-state index contributed by atoms with van der Waals surface area (Å²) in [6, 6.07) is 16.9. The Balaban J connectivity index is 1.48. The Morgan fingerprint density at radius 2 is 1.97 bits per heavy atom. The monoisotopic (exact) mass is 399 g/mol. The summed E-state index contributed by atoms with van der Waals surface area (Å²) in [6.45, 7) is 4.14. The van der Waals surface area contributed by atoms with Crippen molar-refractivity contribution in [3.8, 4) is 0 Å². The molecule has 30 heavy (non-hydrogen) atoms. The highest BCUT2D eigenvalue weighted by Gasteiger charge is 2.44. The summed E-state index contributed by atoms with van der Waals surface area (Å²) in [4.78, 5) is 30.9. The maximum atomic E-state index is 13.1. The van der Waals surface area contributed by atoms with Gasteiger partial charge in [0.2, 0.25) is 5.91 Å². The predicted molar refractivity (Wildman–Crippen MR) is 116 cm³/mol. The Hall–Kier alpha value is -3.80. The van der Waals surface area contributed by atoms with Crippen LogP contribution in [0.4, 0.5) is 11.4 Å². The Morgan fingerprint density at radius 1 is 1.13 bits per heavy atom. The summed E-state index contributed by atoms with van der Waals surface area (Å²) < 4.78 is 5.44. The number of amides is 2. The molecule has 3 heterocycles. The molecule has 0 aliphatic carbocycles. The average molecular weight is 399 g/mol. The van der Waals surface area contributed by atoms with Crippen molar-refractivity contribution in [1.82, 2.24) is 4.98 Å². The van der Waals surface area contributed by atoms with Gasteiger partial charge in [-0.3, -0.25) is 9.59 Å². The summed E-state index contributed by atoms with van der Waals surface area (Å²) in [7, 11) is 0. The molecular formula is C24H21N3O3. The van der Waals surface area contributed by atoms with Gasteiger partial charge in [-0.05, 0) is 49.7 Å². The van der Waals surface area contributed by atoms with Crippen molar-refractivity contribution in [3.63, 3.8) is 0 Å². The topological polar surface area (TPSA) is 78.3 Å². The molecule has 0 bridgehead atoms. The van der Waals surface area contributed by atoms with Crippen molar-refractivity contribution in [3.05, 3.63) is 83.9 Å². The van der Waals surface area contributed by atoms with Gasteiger partial charge in [0.25, 0.3) is 5.91 Å². The first-order valence-corrected chi connectivity index (χ1v) is 9.81. The highest BCUT2D eigenvalue weighted by atomic mass is 16.3. The van der Waals surface area contributed by atoms with E-state index < -0.39 is 5.41 Å². The van der Waals surface area contributed by atoms with Crippen LogP contribution in [0.3, 0.4) is 0 Å². The van der Waals surface area contributed by atoms with E-state index in [4.69, 9.17) is 4.42 Å². The molecule has 150 valence electrons. The molecule has 2 N–H and O–H groups in total. The van der Waals surface area contributed by atoms with Gasteiger partial charge in [0.05, 0.1) is 23.9 Å². The number of rotatable bonds is 4. The van der Waals surface area contributed by atoms with Crippen LogP contribution in [0.25, 0.3) is 10.9 Å². The molecule has 0 unspecified atom stereocenters. The molecule has 0 spiro atoms. The number of carbonyl (C=O) groups excluding carboxylic acids is 2. The van der Waals surface area contributed by atoms with Crippen LogP contribution in [-0.2, 0) is 16.8 Å². The summed E-state index contributed by atoms with van der Waals surface area (Å²) in [5.74, 6) is 0.460. The zero-order chi connectivity index (χ0) is 20.9. The molecule has 0 radical (unpaired) electrons. The lowest BCUT2D eigenvalue weighted by Gasteiger charge is -2.19. The summed E-state index contributed by atoms with van der Waals surface area (Å²) in [5, 5.41) is 3.92. The van der Waals surface area contributed by atoms with Crippen LogP contribution >= 0.6 is 0 Å². The van der Waals surface area contributed by atoms with Gasteiger partial charge < -0.3 is 19.6 Å². The van der Waals surface area contributed by atoms with Crippen molar-refractivity contribution < 1.29 is 14.0 Å². The van der Waals surface area contributed by atoms with Gasteiger partial charge in [-0.2, -0.15) is 0 Å². The predicted octanol–water partition coefficient (Wildman–Crippen LogP) is 4.84. The van der Waals surface area contributed by atoms with E-state index in [1.54, 1.807) is 35.6 Å². The van der Waals surface area contributed by atoms with E-state index in [1.807, 2.05) is 50.2 Å². The molecule has 0 saturated heterocycles. The molecule has 6 heteroatoms. The van der Waals surface area contributed by atoms with Gasteiger partial charge in [0.1, 0.15) is 5.76 Å². The minimum absolute atomic E-state index is 0.0110. The first kappa shape index (κ1) is 18.2. The number of nitrogens with zero attached hydrogens (tertiary/aromatic N) is 1. The fourth-order valence-corrected chi connectivity index (χ4v) is 4.07. The molecule has 2 amide bonds. The van der Waals surface area contributed by atoms with Crippen LogP contribution in [-0.4, -0.2) is 16.8 Å². The lowest BCUT2D eigenvalue weighted by atomic mass is 9.86. The first-order valence-electron chi connectivity index (χ1n) is 9.81.